The van der Waals surface area contributed by atoms with Gasteiger partial charge < -0.3 is 14.8 Å². The molecule has 2 saturated heterocycles. The number of amides is 1. The second kappa shape index (κ2) is 7.85. The van der Waals surface area contributed by atoms with E-state index >= 15 is 0 Å². The molecule has 2 atom stereocenters. The standard InChI is InChI=1S/C20H30N2O3/c1-15(2)16-5-7-17(8-6-16)21-19(23)14-22-11-10-20(9-4-12-25-20)18(13-22)24-3/h5-8,15,18H,4,9-14H2,1-3H3,(H,21,23). The number of likely N-dealkylation sites (tertiary alicyclic amines) is 1. The molecular formula is C20H30N2O3. The summed E-state index contributed by atoms with van der Waals surface area (Å²) in [6.07, 6.45) is 3.14. The molecule has 1 amide bonds. The van der Waals surface area contributed by atoms with E-state index in [1.54, 1.807) is 7.11 Å². The van der Waals surface area contributed by atoms with E-state index in [1.165, 1.54) is 5.56 Å². The van der Waals surface area contributed by atoms with Gasteiger partial charge >= 0.3 is 0 Å². The Morgan fingerprint density at radius 2 is 2.12 bits per heavy atom. The SMILES string of the molecule is COC1CN(CC(=O)Nc2ccc(C(C)C)cc2)CCC12CCCO2. The number of carbonyl (C=O) groups is 1. The van der Waals surface area contributed by atoms with E-state index in [0.29, 0.717) is 12.5 Å². The highest BCUT2D eigenvalue weighted by Crippen LogP contribution is 2.37. The fraction of sp³-hybridized carbons (Fsp3) is 0.650. The third kappa shape index (κ3) is 4.22. The summed E-state index contributed by atoms with van der Waals surface area (Å²) in [6.45, 7) is 7.17. The van der Waals surface area contributed by atoms with Crippen LogP contribution in [0, 0.1) is 0 Å². The molecule has 1 spiro atoms. The molecule has 2 aliphatic heterocycles. The number of nitrogens with zero attached hydrogens (tertiary/aromatic N) is 1. The minimum atomic E-state index is -0.131. The van der Waals surface area contributed by atoms with E-state index in [0.717, 1.165) is 44.6 Å². The van der Waals surface area contributed by atoms with Gasteiger partial charge in [0.15, 0.2) is 0 Å². The third-order valence-corrected chi connectivity index (χ3v) is 5.51. The van der Waals surface area contributed by atoms with Crippen LogP contribution < -0.4 is 5.32 Å². The molecule has 138 valence electrons. The molecule has 2 fully saturated rings. The van der Waals surface area contributed by atoms with Crippen LogP contribution in [0.1, 0.15) is 44.6 Å². The van der Waals surface area contributed by atoms with Gasteiger partial charge in [0.2, 0.25) is 5.91 Å². The van der Waals surface area contributed by atoms with Crippen molar-refractivity contribution in [2.75, 3.05) is 38.7 Å². The van der Waals surface area contributed by atoms with Gasteiger partial charge in [-0.3, -0.25) is 9.69 Å². The maximum absolute atomic E-state index is 12.4. The Balaban J connectivity index is 1.53. The first-order chi connectivity index (χ1) is 12.0. The van der Waals surface area contributed by atoms with Crippen LogP contribution in [0.5, 0.6) is 0 Å². The average Bonchev–Trinajstić information content (AvgIpc) is 3.06. The number of hydrogen-bond donors (Lipinski definition) is 1. The van der Waals surface area contributed by atoms with E-state index in [2.05, 4.69) is 36.2 Å². The Bertz CT molecular complexity index is 579. The van der Waals surface area contributed by atoms with Crippen LogP contribution in [0.2, 0.25) is 0 Å². The number of carbonyl (C=O) groups excluding carboxylic acids is 1. The minimum absolute atomic E-state index is 0.0236. The number of ether oxygens (including phenoxy) is 2. The van der Waals surface area contributed by atoms with Crippen molar-refractivity contribution in [3.05, 3.63) is 29.8 Å². The summed E-state index contributed by atoms with van der Waals surface area (Å²) in [7, 11) is 1.74. The smallest absolute Gasteiger partial charge is 0.238 e. The first-order valence-corrected chi connectivity index (χ1v) is 9.31. The monoisotopic (exact) mass is 346 g/mol. The molecule has 0 aliphatic carbocycles. The fourth-order valence-electron chi connectivity index (χ4n) is 3.96. The summed E-state index contributed by atoms with van der Waals surface area (Å²) >= 11 is 0. The van der Waals surface area contributed by atoms with Crippen LogP contribution in [0.3, 0.4) is 0 Å². The molecule has 2 aliphatic rings. The Kier molecular flexibility index (Phi) is 5.77. The number of anilines is 1. The van der Waals surface area contributed by atoms with Crippen LogP contribution in [0.15, 0.2) is 24.3 Å². The zero-order valence-corrected chi connectivity index (χ0v) is 15.6. The molecule has 25 heavy (non-hydrogen) atoms. The van der Waals surface area contributed by atoms with Gasteiger partial charge in [0.25, 0.3) is 0 Å². The summed E-state index contributed by atoms with van der Waals surface area (Å²) in [5.41, 5.74) is 2.00. The number of methoxy groups -OCH3 is 1. The largest absolute Gasteiger partial charge is 0.377 e. The van der Waals surface area contributed by atoms with Gasteiger partial charge in [-0.25, -0.2) is 0 Å². The van der Waals surface area contributed by atoms with Gasteiger partial charge in [0.1, 0.15) is 0 Å². The van der Waals surface area contributed by atoms with Crippen LogP contribution >= 0.6 is 0 Å². The van der Waals surface area contributed by atoms with Crippen molar-refractivity contribution in [2.45, 2.75) is 50.7 Å². The summed E-state index contributed by atoms with van der Waals surface area (Å²) in [5.74, 6) is 0.518. The second-order valence-electron chi connectivity index (χ2n) is 7.55. The van der Waals surface area contributed by atoms with Crippen molar-refractivity contribution < 1.29 is 14.3 Å². The zero-order chi connectivity index (χ0) is 17.9. The third-order valence-electron chi connectivity index (χ3n) is 5.51. The Hall–Kier alpha value is -1.43. The lowest BCUT2D eigenvalue weighted by molar-refractivity contribution is -0.145. The number of benzene rings is 1. The van der Waals surface area contributed by atoms with Gasteiger partial charge in [0.05, 0.1) is 18.2 Å². The van der Waals surface area contributed by atoms with E-state index in [1.807, 2.05) is 12.1 Å². The quantitative estimate of drug-likeness (QED) is 0.890. The molecular weight excluding hydrogens is 316 g/mol. The number of rotatable bonds is 5. The normalized spacial score (nSPS) is 27.1. The highest BCUT2D eigenvalue weighted by Gasteiger charge is 2.46. The highest BCUT2D eigenvalue weighted by atomic mass is 16.5. The molecule has 2 heterocycles. The van der Waals surface area contributed by atoms with Crippen molar-refractivity contribution >= 4 is 11.6 Å². The Labute approximate surface area is 150 Å². The van der Waals surface area contributed by atoms with Crippen molar-refractivity contribution in [2.24, 2.45) is 0 Å². The fourth-order valence-corrected chi connectivity index (χ4v) is 3.96. The van der Waals surface area contributed by atoms with E-state index in [4.69, 9.17) is 9.47 Å². The molecule has 1 aromatic rings. The lowest BCUT2D eigenvalue weighted by atomic mass is 9.86. The van der Waals surface area contributed by atoms with E-state index < -0.39 is 0 Å². The van der Waals surface area contributed by atoms with Gasteiger partial charge in [0, 0.05) is 32.5 Å². The van der Waals surface area contributed by atoms with Gasteiger partial charge in [-0.1, -0.05) is 26.0 Å². The zero-order valence-electron chi connectivity index (χ0n) is 15.6. The van der Waals surface area contributed by atoms with Crippen LogP contribution in [0.25, 0.3) is 0 Å². The average molecular weight is 346 g/mol. The number of hydrogen-bond acceptors (Lipinski definition) is 4. The first-order valence-electron chi connectivity index (χ1n) is 9.31. The Morgan fingerprint density at radius 3 is 2.72 bits per heavy atom. The predicted molar refractivity (Wildman–Crippen MR) is 98.9 cm³/mol. The maximum Gasteiger partial charge on any atom is 0.238 e. The lowest BCUT2D eigenvalue weighted by Crippen LogP contribution is -2.57. The van der Waals surface area contributed by atoms with Gasteiger partial charge in [-0.05, 0) is 42.9 Å². The summed E-state index contributed by atoms with van der Waals surface area (Å²) in [6, 6.07) is 8.10. The predicted octanol–water partition coefficient (Wildman–Crippen LogP) is 3.02. The molecule has 5 heteroatoms. The van der Waals surface area contributed by atoms with Crippen LogP contribution in [-0.2, 0) is 14.3 Å². The molecule has 1 N–H and O–H groups in total. The lowest BCUT2D eigenvalue weighted by Gasteiger charge is -2.44. The molecule has 1 aromatic carbocycles. The van der Waals surface area contributed by atoms with Crippen molar-refractivity contribution in [1.29, 1.82) is 0 Å². The first kappa shape index (κ1) is 18.4. The molecule has 0 bridgehead atoms. The second-order valence-corrected chi connectivity index (χ2v) is 7.55. The molecule has 5 nitrogen and oxygen atoms in total. The van der Waals surface area contributed by atoms with Crippen LogP contribution in [0.4, 0.5) is 5.69 Å². The van der Waals surface area contributed by atoms with Crippen molar-refractivity contribution in [1.82, 2.24) is 4.90 Å². The molecule has 0 radical (unpaired) electrons. The Morgan fingerprint density at radius 1 is 1.36 bits per heavy atom. The van der Waals surface area contributed by atoms with E-state index in [-0.39, 0.29) is 17.6 Å². The van der Waals surface area contributed by atoms with E-state index in [9.17, 15) is 4.79 Å². The summed E-state index contributed by atoms with van der Waals surface area (Å²) in [5, 5.41) is 3.00. The molecule has 0 aromatic heterocycles. The number of piperidine rings is 1. The maximum atomic E-state index is 12.4. The van der Waals surface area contributed by atoms with Gasteiger partial charge in [-0.15, -0.1) is 0 Å². The van der Waals surface area contributed by atoms with Crippen molar-refractivity contribution in [3.63, 3.8) is 0 Å². The number of nitrogens with one attached hydrogen (secondary N) is 1. The summed E-state index contributed by atoms with van der Waals surface area (Å²) < 4.78 is 11.7. The molecule has 2 unspecified atom stereocenters. The summed E-state index contributed by atoms with van der Waals surface area (Å²) in [4.78, 5) is 14.5. The highest BCUT2D eigenvalue weighted by molar-refractivity contribution is 5.92. The molecule has 3 rings (SSSR count). The van der Waals surface area contributed by atoms with Gasteiger partial charge in [-0.2, -0.15) is 0 Å². The van der Waals surface area contributed by atoms with Crippen molar-refractivity contribution in [3.8, 4) is 0 Å². The minimum Gasteiger partial charge on any atom is -0.377 e. The molecule has 0 saturated carbocycles. The topological polar surface area (TPSA) is 50.8 Å². The van der Waals surface area contributed by atoms with Crippen LogP contribution in [-0.4, -0.2) is 55.9 Å².